The number of halogens is 7. The van der Waals surface area contributed by atoms with Crippen LogP contribution >= 0.6 is 0 Å². The van der Waals surface area contributed by atoms with Gasteiger partial charge in [0.1, 0.15) is 11.4 Å². The molecule has 0 aliphatic rings. The quantitative estimate of drug-likeness (QED) is 0.502. The summed E-state index contributed by atoms with van der Waals surface area (Å²) in [7, 11) is 0. The summed E-state index contributed by atoms with van der Waals surface area (Å²) in [6.07, 6.45) is -14.6. The molecule has 0 aromatic heterocycles. The summed E-state index contributed by atoms with van der Waals surface area (Å²) in [5.41, 5.74) is -2.24. The number of carbonyl (C=O) groups is 1. The van der Waals surface area contributed by atoms with E-state index in [1.807, 2.05) is 0 Å². The van der Waals surface area contributed by atoms with E-state index in [-0.39, 0.29) is 6.07 Å². The summed E-state index contributed by atoms with van der Waals surface area (Å²) in [6, 6.07) is 1.05. The Hall–Kier alpha value is -2.60. The van der Waals surface area contributed by atoms with E-state index in [1.54, 1.807) is 0 Å². The van der Waals surface area contributed by atoms with Gasteiger partial charge in [0.2, 0.25) is 0 Å². The number of hydrogen-bond donors (Lipinski definition) is 1. The second kappa shape index (κ2) is 6.26. The fourth-order valence-electron chi connectivity index (χ4n) is 1.23. The molecule has 0 aliphatic carbocycles. The molecule has 0 unspecified atom stereocenters. The Balaban J connectivity index is 3.13. The SMILES string of the molecule is O=C(Nc1ccc(OC(F)(F)C(F)F)cc1[N+](=O)[O-])C(F)(F)F. The first-order valence-corrected chi connectivity index (χ1v) is 5.36. The number of nitro benzene ring substituents is 1. The molecule has 6 nitrogen and oxygen atoms in total. The van der Waals surface area contributed by atoms with E-state index in [0.717, 1.165) is 5.32 Å². The van der Waals surface area contributed by atoms with E-state index in [9.17, 15) is 45.6 Å². The van der Waals surface area contributed by atoms with Gasteiger partial charge in [-0.05, 0) is 12.1 Å². The number of rotatable bonds is 5. The molecule has 128 valence electrons. The third-order valence-electron chi connectivity index (χ3n) is 2.18. The molecule has 0 bridgehead atoms. The van der Waals surface area contributed by atoms with Gasteiger partial charge in [-0.2, -0.15) is 30.7 Å². The summed E-state index contributed by atoms with van der Waals surface area (Å²) in [6.45, 7) is 0. The van der Waals surface area contributed by atoms with Gasteiger partial charge in [-0.15, -0.1) is 0 Å². The highest BCUT2D eigenvalue weighted by atomic mass is 19.4. The Bertz CT molecular complexity index is 618. The monoisotopic (exact) mass is 350 g/mol. The van der Waals surface area contributed by atoms with E-state index in [1.165, 1.54) is 0 Å². The van der Waals surface area contributed by atoms with Crippen LogP contribution in [0.3, 0.4) is 0 Å². The first kappa shape index (κ1) is 18.4. The number of amides is 1. The van der Waals surface area contributed by atoms with Gasteiger partial charge in [0, 0.05) is 0 Å². The maximum Gasteiger partial charge on any atom is 0.471 e. The number of nitrogens with one attached hydrogen (secondary N) is 1. The Morgan fingerprint density at radius 3 is 2.22 bits per heavy atom. The zero-order valence-electron chi connectivity index (χ0n) is 10.5. The molecule has 0 heterocycles. The summed E-state index contributed by atoms with van der Waals surface area (Å²) in [4.78, 5) is 20.1. The number of anilines is 1. The highest BCUT2D eigenvalue weighted by Crippen LogP contribution is 2.34. The van der Waals surface area contributed by atoms with Crippen LogP contribution in [0.5, 0.6) is 5.75 Å². The molecule has 0 spiro atoms. The number of nitro groups is 1. The lowest BCUT2D eigenvalue weighted by atomic mass is 10.2. The number of alkyl halides is 7. The maximum absolute atomic E-state index is 12.7. The summed E-state index contributed by atoms with van der Waals surface area (Å²) in [5, 5.41) is 11.8. The average Bonchev–Trinajstić information content (AvgIpc) is 2.38. The highest BCUT2D eigenvalue weighted by molar-refractivity contribution is 5.96. The predicted molar refractivity (Wildman–Crippen MR) is 59.4 cm³/mol. The smallest absolute Gasteiger partial charge is 0.428 e. The molecule has 0 fully saturated rings. The lowest BCUT2D eigenvalue weighted by Crippen LogP contribution is -2.33. The van der Waals surface area contributed by atoms with Crippen LogP contribution in [0.2, 0.25) is 0 Å². The van der Waals surface area contributed by atoms with Crippen LogP contribution < -0.4 is 10.1 Å². The summed E-state index contributed by atoms with van der Waals surface area (Å²) < 4.78 is 89.0. The number of benzene rings is 1. The van der Waals surface area contributed by atoms with E-state index in [2.05, 4.69) is 4.74 Å². The molecule has 0 saturated heterocycles. The first-order chi connectivity index (χ1) is 10.3. The molecule has 0 radical (unpaired) electrons. The largest absolute Gasteiger partial charge is 0.471 e. The van der Waals surface area contributed by atoms with Crippen molar-refractivity contribution >= 4 is 17.3 Å². The van der Waals surface area contributed by atoms with Gasteiger partial charge < -0.3 is 10.1 Å². The molecule has 1 aromatic carbocycles. The average molecular weight is 350 g/mol. The number of hydrogen-bond acceptors (Lipinski definition) is 4. The highest BCUT2D eigenvalue weighted by Gasteiger charge is 2.44. The third kappa shape index (κ3) is 4.69. The van der Waals surface area contributed by atoms with Crippen LogP contribution in [-0.2, 0) is 4.79 Å². The molecular weight excluding hydrogens is 345 g/mol. The van der Waals surface area contributed by atoms with Gasteiger partial charge in [-0.25, -0.2) is 0 Å². The van der Waals surface area contributed by atoms with Crippen molar-refractivity contribution in [2.45, 2.75) is 18.7 Å². The third-order valence-corrected chi connectivity index (χ3v) is 2.18. The van der Waals surface area contributed by atoms with Crippen molar-refractivity contribution < 1.29 is 45.2 Å². The molecule has 1 rings (SSSR count). The Labute approximate surface area is 122 Å². The minimum absolute atomic E-state index is 0.169. The minimum atomic E-state index is -5.36. The van der Waals surface area contributed by atoms with Crippen LogP contribution in [0, 0.1) is 10.1 Å². The van der Waals surface area contributed by atoms with Crippen molar-refractivity contribution in [2.75, 3.05) is 5.32 Å². The van der Waals surface area contributed by atoms with Gasteiger partial charge in [0.25, 0.3) is 5.69 Å². The molecular formula is C10H5F7N2O4. The van der Waals surface area contributed by atoms with Crippen molar-refractivity contribution in [3.63, 3.8) is 0 Å². The fourth-order valence-corrected chi connectivity index (χ4v) is 1.23. The van der Waals surface area contributed by atoms with Crippen molar-refractivity contribution in [3.8, 4) is 5.75 Å². The van der Waals surface area contributed by atoms with Gasteiger partial charge >= 0.3 is 24.6 Å². The second-order valence-electron chi connectivity index (χ2n) is 3.85. The topological polar surface area (TPSA) is 81.5 Å². The van der Waals surface area contributed by atoms with E-state index in [4.69, 9.17) is 0 Å². The standard InChI is InChI=1S/C10H5F7N2O4/c11-7(12)10(16,17)23-4-1-2-5(6(3-4)19(21)22)18-8(20)9(13,14)15/h1-3,7H,(H,18,20). The van der Waals surface area contributed by atoms with Crippen molar-refractivity contribution in [2.24, 2.45) is 0 Å². The lowest BCUT2D eigenvalue weighted by Gasteiger charge is -2.17. The van der Waals surface area contributed by atoms with Crippen molar-refractivity contribution in [1.29, 1.82) is 0 Å². The molecule has 13 heteroatoms. The van der Waals surface area contributed by atoms with E-state index in [0.29, 0.717) is 12.1 Å². The molecule has 0 aliphatic heterocycles. The normalized spacial score (nSPS) is 12.2. The first-order valence-electron chi connectivity index (χ1n) is 5.36. The number of carbonyl (C=O) groups excluding carboxylic acids is 1. The summed E-state index contributed by atoms with van der Waals surface area (Å²) in [5.74, 6) is -3.65. The zero-order chi connectivity index (χ0) is 18.0. The van der Waals surface area contributed by atoms with Gasteiger partial charge in [0.05, 0.1) is 11.0 Å². The Morgan fingerprint density at radius 1 is 1.22 bits per heavy atom. The van der Waals surface area contributed by atoms with Crippen LogP contribution in [0.1, 0.15) is 0 Å². The van der Waals surface area contributed by atoms with E-state index < -0.39 is 46.7 Å². The second-order valence-corrected chi connectivity index (χ2v) is 3.85. The summed E-state index contributed by atoms with van der Waals surface area (Å²) >= 11 is 0. The van der Waals surface area contributed by atoms with Crippen LogP contribution in [0.15, 0.2) is 18.2 Å². The van der Waals surface area contributed by atoms with Gasteiger partial charge in [-0.1, -0.05) is 0 Å². The molecule has 0 atom stereocenters. The van der Waals surface area contributed by atoms with E-state index >= 15 is 0 Å². The van der Waals surface area contributed by atoms with Crippen LogP contribution in [-0.4, -0.2) is 29.5 Å². The maximum atomic E-state index is 12.7. The van der Waals surface area contributed by atoms with Gasteiger partial charge in [0.15, 0.2) is 0 Å². The fraction of sp³-hybridized carbons (Fsp3) is 0.300. The van der Waals surface area contributed by atoms with Crippen LogP contribution in [0.25, 0.3) is 0 Å². The Morgan fingerprint density at radius 2 is 1.78 bits per heavy atom. The number of ether oxygens (including phenoxy) is 1. The molecule has 1 N–H and O–H groups in total. The minimum Gasteiger partial charge on any atom is -0.428 e. The van der Waals surface area contributed by atoms with Crippen LogP contribution in [0.4, 0.5) is 42.1 Å². The molecule has 1 aromatic rings. The molecule has 0 saturated carbocycles. The zero-order valence-corrected chi connectivity index (χ0v) is 10.5. The molecule has 23 heavy (non-hydrogen) atoms. The van der Waals surface area contributed by atoms with Crippen molar-refractivity contribution in [1.82, 2.24) is 0 Å². The predicted octanol–water partition coefficient (Wildman–Crippen LogP) is 3.33. The lowest BCUT2D eigenvalue weighted by molar-refractivity contribution is -0.384. The number of nitrogens with zero attached hydrogens (tertiary/aromatic N) is 1. The molecule has 1 amide bonds. The van der Waals surface area contributed by atoms with Gasteiger partial charge in [-0.3, -0.25) is 14.9 Å². The Kier molecular flexibility index (Phi) is 5.02. The van der Waals surface area contributed by atoms with Crippen molar-refractivity contribution in [3.05, 3.63) is 28.3 Å².